The van der Waals surface area contributed by atoms with Crippen LogP contribution in [0.4, 0.5) is 4.79 Å². The molecule has 0 aliphatic heterocycles. The Kier molecular flexibility index (Phi) is 6.34. The topological polar surface area (TPSA) is 58.6 Å². The van der Waals surface area contributed by atoms with Crippen molar-refractivity contribution in [1.82, 2.24) is 5.32 Å². The number of hydrogen-bond donors (Lipinski definition) is 2. The molecule has 0 aromatic carbocycles. The number of hydrogen-bond acceptors (Lipinski definition) is 3. The number of aliphatic hydroxyl groups is 1. The van der Waals surface area contributed by atoms with Gasteiger partial charge in [-0.05, 0) is 43.4 Å². The average molecular weight is 243 g/mol. The van der Waals surface area contributed by atoms with Crippen molar-refractivity contribution >= 4 is 6.09 Å². The van der Waals surface area contributed by atoms with Crippen LogP contribution in [0.5, 0.6) is 0 Å². The lowest BCUT2D eigenvalue weighted by Crippen LogP contribution is -2.32. The second-order valence-corrected chi connectivity index (χ2v) is 5.44. The standard InChI is InChI=1S/C13H25NO3/c1-10(2)9-17-13(16)14-7-11-3-5-12(8-15)6-4-11/h10-12,15H,3-9H2,1-2H3,(H,14,16). The van der Waals surface area contributed by atoms with Gasteiger partial charge in [0.15, 0.2) is 0 Å². The molecule has 100 valence electrons. The quantitative estimate of drug-likeness (QED) is 0.778. The van der Waals surface area contributed by atoms with Gasteiger partial charge in [0.2, 0.25) is 0 Å². The van der Waals surface area contributed by atoms with Gasteiger partial charge in [0, 0.05) is 13.2 Å². The molecule has 0 spiro atoms. The molecule has 0 heterocycles. The van der Waals surface area contributed by atoms with E-state index in [2.05, 4.69) is 5.32 Å². The Bertz CT molecular complexity index is 223. The Morgan fingerprint density at radius 1 is 1.29 bits per heavy atom. The van der Waals surface area contributed by atoms with Gasteiger partial charge >= 0.3 is 6.09 Å². The molecule has 1 rings (SSSR count). The van der Waals surface area contributed by atoms with Gasteiger partial charge in [0.25, 0.3) is 0 Å². The van der Waals surface area contributed by atoms with Crippen molar-refractivity contribution < 1.29 is 14.6 Å². The van der Waals surface area contributed by atoms with E-state index in [9.17, 15) is 4.79 Å². The minimum atomic E-state index is -0.303. The van der Waals surface area contributed by atoms with E-state index in [1.54, 1.807) is 0 Å². The van der Waals surface area contributed by atoms with Crippen LogP contribution in [0.2, 0.25) is 0 Å². The van der Waals surface area contributed by atoms with Crippen LogP contribution < -0.4 is 5.32 Å². The number of nitrogens with one attached hydrogen (secondary N) is 1. The van der Waals surface area contributed by atoms with Crippen LogP contribution in [0, 0.1) is 17.8 Å². The van der Waals surface area contributed by atoms with Crippen molar-refractivity contribution in [3.05, 3.63) is 0 Å². The molecule has 0 unspecified atom stereocenters. The molecule has 4 nitrogen and oxygen atoms in total. The van der Waals surface area contributed by atoms with E-state index in [0.717, 1.165) is 25.7 Å². The van der Waals surface area contributed by atoms with Crippen LogP contribution in [0.15, 0.2) is 0 Å². The molecule has 0 aromatic rings. The van der Waals surface area contributed by atoms with Gasteiger partial charge in [-0.3, -0.25) is 0 Å². The van der Waals surface area contributed by atoms with Crippen molar-refractivity contribution in [2.24, 2.45) is 17.8 Å². The Morgan fingerprint density at radius 2 is 1.88 bits per heavy atom. The second-order valence-electron chi connectivity index (χ2n) is 5.44. The first-order valence-corrected chi connectivity index (χ1v) is 6.63. The lowest BCUT2D eigenvalue weighted by molar-refractivity contribution is 0.127. The minimum Gasteiger partial charge on any atom is -0.449 e. The molecule has 0 atom stereocenters. The zero-order valence-electron chi connectivity index (χ0n) is 10.9. The van der Waals surface area contributed by atoms with Gasteiger partial charge in [-0.2, -0.15) is 0 Å². The Hall–Kier alpha value is -0.770. The molecule has 0 radical (unpaired) electrons. The Balaban J connectivity index is 2.08. The summed E-state index contributed by atoms with van der Waals surface area (Å²) in [6, 6.07) is 0. The normalized spacial score (nSPS) is 24.7. The van der Waals surface area contributed by atoms with Crippen molar-refractivity contribution in [2.75, 3.05) is 19.8 Å². The van der Waals surface area contributed by atoms with E-state index in [4.69, 9.17) is 9.84 Å². The first-order chi connectivity index (χ1) is 8.11. The molecule has 1 amide bonds. The van der Waals surface area contributed by atoms with Crippen LogP contribution >= 0.6 is 0 Å². The summed E-state index contributed by atoms with van der Waals surface area (Å²) in [5.41, 5.74) is 0. The van der Waals surface area contributed by atoms with E-state index >= 15 is 0 Å². The summed E-state index contributed by atoms with van der Waals surface area (Å²) in [5.74, 6) is 1.39. The van der Waals surface area contributed by atoms with E-state index in [0.29, 0.717) is 37.5 Å². The smallest absolute Gasteiger partial charge is 0.407 e. The lowest BCUT2D eigenvalue weighted by atomic mass is 9.82. The summed E-state index contributed by atoms with van der Waals surface area (Å²) < 4.78 is 5.05. The molecule has 0 bridgehead atoms. The molecule has 1 aliphatic rings. The van der Waals surface area contributed by atoms with E-state index in [-0.39, 0.29) is 6.09 Å². The second kappa shape index (κ2) is 7.54. The van der Waals surface area contributed by atoms with Crippen LogP contribution in [0.1, 0.15) is 39.5 Å². The minimum absolute atomic E-state index is 0.302. The third kappa shape index (κ3) is 5.91. The summed E-state index contributed by atoms with van der Waals surface area (Å²) in [6.45, 7) is 5.52. The molecular formula is C13H25NO3. The molecule has 1 aliphatic carbocycles. The highest BCUT2D eigenvalue weighted by Crippen LogP contribution is 2.27. The molecule has 1 saturated carbocycles. The zero-order valence-corrected chi connectivity index (χ0v) is 10.9. The summed E-state index contributed by atoms with van der Waals surface area (Å²) in [6.07, 6.45) is 4.03. The van der Waals surface area contributed by atoms with Gasteiger partial charge in [0.1, 0.15) is 0 Å². The predicted octanol–water partition coefficient (Wildman–Crippen LogP) is 2.17. The van der Waals surface area contributed by atoms with Crippen molar-refractivity contribution in [2.45, 2.75) is 39.5 Å². The molecule has 1 fully saturated rings. The Morgan fingerprint density at radius 3 is 2.41 bits per heavy atom. The first-order valence-electron chi connectivity index (χ1n) is 6.63. The highest BCUT2D eigenvalue weighted by atomic mass is 16.5. The molecule has 0 saturated heterocycles. The molecule has 0 aromatic heterocycles. The maximum atomic E-state index is 11.3. The summed E-state index contributed by atoms with van der Waals surface area (Å²) in [4.78, 5) is 11.3. The number of rotatable bonds is 5. The van der Waals surface area contributed by atoms with Crippen LogP contribution in [-0.2, 0) is 4.74 Å². The fraction of sp³-hybridized carbons (Fsp3) is 0.923. The van der Waals surface area contributed by atoms with Crippen LogP contribution in [0.25, 0.3) is 0 Å². The van der Waals surface area contributed by atoms with Crippen LogP contribution in [0.3, 0.4) is 0 Å². The average Bonchev–Trinajstić information content (AvgIpc) is 2.34. The number of alkyl carbamates (subject to hydrolysis) is 1. The van der Waals surface area contributed by atoms with Gasteiger partial charge in [-0.25, -0.2) is 4.79 Å². The molecule has 17 heavy (non-hydrogen) atoms. The highest BCUT2D eigenvalue weighted by molar-refractivity contribution is 5.67. The lowest BCUT2D eigenvalue weighted by Gasteiger charge is -2.27. The SMILES string of the molecule is CC(C)COC(=O)NCC1CCC(CO)CC1. The van der Waals surface area contributed by atoms with Gasteiger partial charge in [-0.15, -0.1) is 0 Å². The zero-order chi connectivity index (χ0) is 12.7. The van der Waals surface area contributed by atoms with Gasteiger partial charge < -0.3 is 15.2 Å². The molecular weight excluding hydrogens is 218 g/mol. The van der Waals surface area contributed by atoms with Crippen LogP contribution in [-0.4, -0.2) is 31.0 Å². The number of aliphatic hydroxyl groups excluding tert-OH is 1. The monoisotopic (exact) mass is 243 g/mol. The van der Waals surface area contributed by atoms with E-state index < -0.39 is 0 Å². The summed E-state index contributed by atoms with van der Waals surface area (Å²) >= 11 is 0. The fourth-order valence-electron chi connectivity index (χ4n) is 2.14. The number of carbonyl (C=O) groups excluding carboxylic acids is 1. The predicted molar refractivity (Wildman–Crippen MR) is 66.7 cm³/mol. The summed E-state index contributed by atoms with van der Waals surface area (Å²) in [5, 5.41) is 11.8. The third-order valence-corrected chi connectivity index (χ3v) is 3.31. The largest absolute Gasteiger partial charge is 0.449 e. The van der Waals surface area contributed by atoms with E-state index in [1.807, 2.05) is 13.8 Å². The third-order valence-electron chi connectivity index (χ3n) is 3.31. The molecule has 4 heteroatoms. The number of carbonyl (C=O) groups is 1. The van der Waals surface area contributed by atoms with Crippen molar-refractivity contribution in [3.63, 3.8) is 0 Å². The maximum Gasteiger partial charge on any atom is 0.407 e. The van der Waals surface area contributed by atoms with E-state index in [1.165, 1.54) is 0 Å². The Labute approximate surface area is 104 Å². The number of amides is 1. The van der Waals surface area contributed by atoms with Gasteiger partial charge in [0.05, 0.1) is 6.61 Å². The first kappa shape index (κ1) is 14.3. The summed E-state index contributed by atoms with van der Waals surface area (Å²) in [7, 11) is 0. The number of ether oxygens (including phenoxy) is 1. The van der Waals surface area contributed by atoms with Crippen molar-refractivity contribution in [1.29, 1.82) is 0 Å². The maximum absolute atomic E-state index is 11.3. The van der Waals surface area contributed by atoms with Crippen molar-refractivity contribution in [3.8, 4) is 0 Å². The fourth-order valence-corrected chi connectivity index (χ4v) is 2.14. The van der Waals surface area contributed by atoms with Gasteiger partial charge in [-0.1, -0.05) is 13.8 Å². The highest BCUT2D eigenvalue weighted by Gasteiger charge is 2.20. The molecule has 2 N–H and O–H groups in total.